The van der Waals surface area contributed by atoms with Crippen molar-refractivity contribution in [3.8, 4) is 0 Å². The molecule has 3 nitrogen and oxygen atoms in total. The minimum Gasteiger partial charge on any atom is -1.00 e. The molecule has 2 rings (SSSR count). The number of nitrogens with zero attached hydrogens (tertiary/aromatic N) is 2. The summed E-state index contributed by atoms with van der Waals surface area (Å²) in [4.78, 5) is 12.4. The third-order valence-electron chi connectivity index (χ3n) is 4.24. The van der Waals surface area contributed by atoms with Gasteiger partial charge in [-0.25, -0.2) is 0 Å². The van der Waals surface area contributed by atoms with Crippen molar-refractivity contribution in [2.75, 3.05) is 13.1 Å². The van der Waals surface area contributed by atoms with E-state index < -0.39 is 0 Å². The van der Waals surface area contributed by atoms with Gasteiger partial charge in [-0.1, -0.05) is 13.8 Å². The highest BCUT2D eigenvalue weighted by Gasteiger charge is 2.53. The minimum atomic E-state index is 0. The number of hydrazone groups is 1. The molecule has 1 aliphatic heterocycles. The van der Waals surface area contributed by atoms with Crippen molar-refractivity contribution >= 4 is 11.5 Å². The molecule has 18 heavy (non-hydrogen) atoms. The average molecular weight is 364 g/mol. The summed E-state index contributed by atoms with van der Waals surface area (Å²) in [5, 5.41) is 2.36. The Balaban J connectivity index is 0.00000162. The molecular weight excluding hydrogens is 339 g/mol. The Morgan fingerprint density at radius 3 is 2.44 bits per heavy atom. The van der Waals surface area contributed by atoms with E-state index in [0.29, 0.717) is 11.8 Å². The molecule has 1 fully saturated rings. The summed E-state index contributed by atoms with van der Waals surface area (Å²) >= 11 is 0. The molecule has 1 heterocycles. The molecule has 0 aromatic rings. The predicted octanol–water partition coefficient (Wildman–Crippen LogP) is -0.892. The first kappa shape index (κ1) is 15.9. The Hall–Kier alpha value is -0.130. The summed E-state index contributed by atoms with van der Waals surface area (Å²) < 4.78 is 2.36. The van der Waals surface area contributed by atoms with Gasteiger partial charge in [0.1, 0.15) is 17.7 Å². The van der Waals surface area contributed by atoms with Gasteiger partial charge in [0, 0.05) is 12.8 Å². The van der Waals surface area contributed by atoms with Gasteiger partial charge >= 0.3 is 0 Å². The molecule has 0 saturated heterocycles. The standard InChI is InChI=1S/C14H25N2O.HI/c1-6-15-10(3)13-11(16(15)7-2)8-14(4,5)9-12(13)17;/h10,13H,6-9H2,1-5H3;1H/q+1;/p-1. The zero-order valence-corrected chi connectivity index (χ0v) is 14.3. The number of hydrogen-bond donors (Lipinski definition) is 0. The summed E-state index contributed by atoms with van der Waals surface area (Å²) in [6.45, 7) is 12.9. The van der Waals surface area contributed by atoms with Crippen LogP contribution in [0.4, 0.5) is 0 Å². The predicted molar refractivity (Wildman–Crippen MR) is 69.2 cm³/mol. The summed E-state index contributed by atoms with van der Waals surface area (Å²) in [6.07, 6.45) is 1.80. The molecule has 2 aliphatic rings. The molecule has 0 radical (unpaired) electrons. The number of carbonyl (C=O) groups excluding carboxylic acids is 1. The molecular formula is C14H25IN2O. The van der Waals surface area contributed by atoms with Crippen molar-refractivity contribution in [3.63, 3.8) is 0 Å². The Labute approximate surface area is 128 Å². The van der Waals surface area contributed by atoms with E-state index in [1.807, 2.05) is 0 Å². The van der Waals surface area contributed by atoms with E-state index in [9.17, 15) is 4.79 Å². The van der Waals surface area contributed by atoms with Crippen LogP contribution in [0.2, 0.25) is 0 Å². The first-order valence-electron chi connectivity index (χ1n) is 6.83. The van der Waals surface area contributed by atoms with Crippen LogP contribution in [0.1, 0.15) is 47.5 Å². The summed E-state index contributed by atoms with van der Waals surface area (Å²) in [6, 6.07) is 0.346. The Morgan fingerprint density at radius 2 is 1.94 bits per heavy atom. The molecule has 2 unspecified atom stereocenters. The van der Waals surface area contributed by atoms with Gasteiger partial charge in [-0.15, -0.1) is 4.68 Å². The summed E-state index contributed by atoms with van der Waals surface area (Å²) in [5.41, 5.74) is 1.50. The molecule has 0 amide bonds. The Bertz CT molecular complexity index is 376. The van der Waals surface area contributed by atoms with Gasteiger partial charge in [-0.2, -0.15) is 5.01 Å². The van der Waals surface area contributed by atoms with Crippen molar-refractivity contribution in [1.82, 2.24) is 5.01 Å². The molecule has 104 valence electrons. The molecule has 0 spiro atoms. The van der Waals surface area contributed by atoms with Crippen LogP contribution in [0.3, 0.4) is 0 Å². The third kappa shape index (κ3) is 2.45. The zero-order chi connectivity index (χ0) is 12.8. The molecule has 0 aromatic heterocycles. The van der Waals surface area contributed by atoms with E-state index in [0.717, 1.165) is 25.9 Å². The topological polar surface area (TPSA) is 23.3 Å². The van der Waals surface area contributed by atoms with Crippen LogP contribution in [0.15, 0.2) is 0 Å². The lowest BCUT2D eigenvalue weighted by Crippen LogP contribution is -3.00. The van der Waals surface area contributed by atoms with Crippen molar-refractivity contribution in [2.45, 2.75) is 53.5 Å². The van der Waals surface area contributed by atoms with E-state index in [4.69, 9.17) is 0 Å². The molecule has 2 atom stereocenters. The molecule has 4 heteroatoms. The highest BCUT2D eigenvalue weighted by atomic mass is 127. The van der Waals surface area contributed by atoms with Crippen molar-refractivity contribution < 1.29 is 33.5 Å². The number of Topliss-reactive ketones (excluding diaryl/α,β-unsaturated/α-hetero) is 1. The van der Waals surface area contributed by atoms with Crippen LogP contribution in [-0.4, -0.2) is 40.3 Å². The molecule has 1 saturated carbocycles. The highest BCUT2D eigenvalue weighted by molar-refractivity contribution is 6.06. The first-order chi connectivity index (χ1) is 7.91. The van der Waals surface area contributed by atoms with Crippen molar-refractivity contribution in [3.05, 3.63) is 0 Å². The van der Waals surface area contributed by atoms with Crippen LogP contribution < -0.4 is 24.0 Å². The van der Waals surface area contributed by atoms with E-state index >= 15 is 0 Å². The van der Waals surface area contributed by atoms with Gasteiger partial charge in [0.2, 0.25) is 0 Å². The second-order valence-electron chi connectivity index (χ2n) is 6.17. The van der Waals surface area contributed by atoms with E-state index in [1.165, 1.54) is 5.71 Å². The van der Waals surface area contributed by atoms with Gasteiger partial charge in [0.05, 0.1) is 6.54 Å². The maximum atomic E-state index is 12.4. The average Bonchev–Trinajstić information content (AvgIpc) is 2.48. The lowest BCUT2D eigenvalue weighted by atomic mass is 9.70. The largest absolute Gasteiger partial charge is 1.00 e. The summed E-state index contributed by atoms with van der Waals surface area (Å²) in [5.74, 6) is 0.598. The number of carbonyl (C=O) groups is 1. The second-order valence-corrected chi connectivity index (χ2v) is 6.17. The van der Waals surface area contributed by atoms with Gasteiger partial charge in [0.15, 0.2) is 12.3 Å². The fourth-order valence-electron chi connectivity index (χ4n) is 3.63. The smallest absolute Gasteiger partial charge is 0.195 e. The van der Waals surface area contributed by atoms with E-state index in [2.05, 4.69) is 44.3 Å². The second kappa shape index (κ2) is 5.47. The number of ketones is 1. The SMILES string of the molecule is CCN1C(C)C2C(=O)CC(C)(C)CC2=[N+]1CC.[I-]. The number of rotatable bonds is 2. The fraction of sp³-hybridized carbons (Fsp3) is 0.857. The Morgan fingerprint density at radius 1 is 1.33 bits per heavy atom. The first-order valence-corrected chi connectivity index (χ1v) is 6.83. The van der Waals surface area contributed by atoms with Crippen LogP contribution in [0.5, 0.6) is 0 Å². The fourth-order valence-corrected chi connectivity index (χ4v) is 3.63. The lowest BCUT2D eigenvalue weighted by Gasteiger charge is -2.30. The van der Waals surface area contributed by atoms with Gasteiger partial charge in [-0.05, 0) is 26.2 Å². The summed E-state index contributed by atoms with van der Waals surface area (Å²) in [7, 11) is 0. The monoisotopic (exact) mass is 364 g/mol. The molecule has 1 aliphatic carbocycles. The number of halogens is 1. The highest BCUT2D eigenvalue weighted by Crippen LogP contribution is 2.39. The van der Waals surface area contributed by atoms with E-state index in [1.54, 1.807) is 0 Å². The Kier molecular flexibility index (Phi) is 4.84. The maximum absolute atomic E-state index is 12.4. The normalized spacial score (nSPS) is 30.3. The van der Waals surface area contributed by atoms with Gasteiger partial charge in [-0.3, -0.25) is 4.79 Å². The molecule has 0 bridgehead atoms. The van der Waals surface area contributed by atoms with Crippen LogP contribution in [0.25, 0.3) is 0 Å². The quantitative estimate of drug-likeness (QED) is 0.469. The number of fused-ring (bicyclic) bond motifs is 1. The van der Waals surface area contributed by atoms with E-state index in [-0.39, 0.29) is 35.3 Å². The minimum absolute atomic E-state index is 0. The molecule has 0 N–H and O–H groups in total. The maximum Gasteiger partial charge on any atom is 0.195 e. The number of hydrogen-bond acceptors (Lipinski definition) is 2. The van der Waals surface area contributed by atoms with Crippen LogP contribution in [-0.2, 0) is 4.79 Å². The van der Waals surface area contributed by atoms with Gasteiger partial charge in [0.25, 0.3) is 0 Å². The zero-order valence-electron chi connectivity index (χ0n) is 12.2. The number of hydrazine groups is 1. The van der Waals surface area contributed by atoms with Crippen molar-refractivity contribution in [2.24, 2.45) is 11.3 Å². The van der Waals surface area contributed by atoms with Gasteiger partial charge < -0.3 is 24.0 Å². The van der Waals surface area contributed by atoms with Crippen molar-refractivity contribution in [1.29, 1.82) is 0 Å². The molecule has 0 aromatic carbocycles. The third-order valence-corrected chi connectivity index (χ3v) is 4.24. The lowest BCUT2D eigenvalue weighted by molar-refractivity contribution is -0.685. The van der Waals surface area contributed by atoms with Crippen LogP contribution >= 0.6 is 0 Å². The van der Waals surface area contributed by atoms with Crippen LogP contribution in [0, 0.1) is 11.3 Å².